The number of benzene rings is 1. The average molecular weight is 315 g/mol. The largest absolute Gasteiger partial charge is 0.454 e. The number of carbonyl (C=O) groups is 1. The molecule has 0 bridgehead atoms. The smallest absolute Gasteiger partial charge is 0.231 e. The van der Waals surface area contributed by atoms with Crippen LogP contribution in [0.15, 0.2) is 24.4 Å². The van der Waals surface area contributed by atoms with E-state index in [1.807, 2.05) is 24.4 Å². The summed E-state index contributed by atoms with van der Waals surface area (Å²) < 4.78 is 18.7. The van der Waals surface area contributed by atoms with E-state index >= 15 is 0 Å². The van der Waals surface area contributed by atoms with Crippen molar-refractivity contribution in [3.8, 4) is 22.8 Å². The van der Waals surface area contributed by atoms with Crippen molar-refractivity contribution in [3.05, 3.63) is 30.2 Å². The maximum atomic E-state index is 11.1. The van der Waals surface area contributed by atoms with Gasteiger partial charge in [0.05, 0.1) is 24.5 Å². The molecule has 1 amide bonds. The second-order valence-corrected chi connectivity index (χ2v) is 5.61. The minimum Gasteiger partial charge on any atom is -0.454 e. The van der Waals surface area contributed by atoms with Gasteiger partial charge in [0.2, 0.25) is 12.7 Å². The number of rotatable bonds is 3. The minimum atomic E-state index is -0.0617. The molecule has 0 aliphatic carbocycles. The van der Waals surface area contributed by atoms with Crippen LogP contribution in [0.2, 0.25) is 0 Å². The number of aromatic nitrogens is 2. The first-order valence-corrected chi connectivity index (χ1v) is 7.51. The number of carbonyl (C=O) groups excluding carboxylic acids is 1. The first-order chi connectivity index (χ1) is 11.2. The van der Waals surface area contributed by atoms with Crippen molar-refractivity contribution in [2.75, 3.05) is 13.3 Å². The van der Waals surface area contributed by atoms with Gasteiger partial charge in [0.25, 0.3) is 0 Å². The molecule has 120 valence electrons. The molecule has 0 fully saturated rings. The van der Waals surface area contributed by atoms with Crippen molar-refractivity contribution in [1.29, 1.82) is 0 Å². The molecular formula is C16H17N3O4. The molecule has 3 heterocycles. The number of ether oxygens (including phenoxy) is 3. The van der Waals surface area contributed by atoms with Crippen molar-refractivity contribution in [2.24, 2.45) is 0 Å². The third kappa shape index (κ3) is 2.63. The molecule has 0 saturated carbocycles. The van der Waals surface area contributed by atoms with Crippen LogP contribution in [0.25, 0.3) is 11.3 Å². The van der Waals surface area contributed by atoms with Crippen LogP contribution in [-0.2, 0) is 22.7 Å². The van der Waals surface area contributed by atoms with Gasteiger partial charge in [-0.2, -0.15) is 0 Å². The van der Waals surface area contributed by atoms with Gasteiger partial charge in [-0.25, -0.2) is 4.98 Å². The molecule has 1 aromatic heterocycles. The Hall–Kier alpha value is -2.54. The van der Waals surface area contributed by atoms with Crippen LogP contribution in [0, 0.1) is 0 Å². The Labute approximate surface area is 133 Å². The van der Waals surface area contributed by atoms with Crippen molar-refractivity contribution in [1.82, 2.24) is 14.9 Å². The van der Waals surface area contributed by atoms with E-state index in [1.54, 1.807) is 0 Å². The van der Waals surface area contributed by atoms with Crippen LogP contribution in [0.1, 0.15) is 12.7 Å². The molecule has 7 heteroatoms. The van der Waals surface area contributed by atoms with Crippen LogP contribution >= 0.6 is 0 Å². The summed E-state index contributed by atoms with van der Waals surface area (Å²) in [6.45, 7) is 3.35. The highest BCUT2D eigenvalue weighted by Crippen LogP contribution is 2.36. The van der Waals surface area contributed by atoms with Crippen LogP contribution in [0.5, 0.6) is 11.5 Å². The second-order valence-electron chi connectivity index (χ2n) is 5.61. The Morgan fingerprint density at radius 3 is 3.13 bits per heavy atom. The molecule has 0 spiro atoms. The van der Waals surface area contributed by atoms with Gasteiger partial charge in [-0.3, -0.25) is 4.79 Å². The summed E-state index contributed by atoms with van der Waals surface area (Å²) in [4.78, 5) is 15.5. The molecule has 1 atom stereocenters. The van der Waals surface area contributed by atoms with Crippen molar-refractivity contribution < 1.29 is 19.0 Å². The maximum Gasteiger partial charge on any atom is 0.231 e. The van der Waals surface area contributed by atoms with Gasteiger partial charge in [-0.05, 0) is 18.2 Å². The highest BCUT2D eigenvalue weighted by Gasteiger charge is 2.24. The zero-order chi connectivity index (χ0) is 15.8. The predicted molar refractivity (Wildman–Crippen MR) is 81.0 cm³/mol. The second kappa shape index (κ2) is 5.58. The zero-order valence-electron chi connectivity index (χ0n) is 12.7. The summed E-state index contributed by atoms with van der Waals surface area (Å²) in [5.74, 6) is 2.34. The summed E-state index contributed by atoms with van der Waals surface area (Å²) in [6, 6.07) is 5.87. The van der Waals surface area contributed by atoms with Crippen LogP contribution < -0.4 is 14.8 Å². The predicted octanol–water partition coefficient (Wildman–Crippen LogP) is 1.31. The van der Waals surface area contributed by atoms with Gasteiger partial charge >= 0.3 is 0 Å². The SMILES string of the molecule is CC(=O)NCC1Cn2c(-c3ccc4c(c3)OCO4)cnc2CO1. The Balaban J connectivity index is 1.60. The van der Waals surface area contributed by atoms with E-state index < -0.39 is 0 Å². The number of imidazole rings is 1. The summed E-state index contributed by atoms with van der Waals surface area (Å²) in [5, 5.41) is 2.80. The number of hydrogen-bond acceptors (Lipinski definition) is 5. The van der Waals surface area contributed by atoms with Gasteiger partial charge in [-0.15, -0.1) is 0 Å². The normalized spacial score (nSPS) is 18.6. The fourth-order valence-electron chi connectivity index (χ4n) is 2.85. The fourth-order valence-corrected chi connectivity index (χ4v) is 2.85. The Bertz CT molecular complexity index is 756. The van der Waals surface area contributed by atoms with Crippen molar-refractivity contribution >= 4 is 5.91 Å². The molecule has 2 aromatic rings. The number of nitrogens with zero attached hydrogens (tertiary/aromatic N) is 2. The van der Waals surface area contributed by atoms with Crippen molar-refractivity contribution in [3.63, 3.8) is 0 Å². The molecule has 1 unspecified atom stereocenters. The lowest BCUT2D eigenvalue weighted by atomic mass is 10.1. The molecule has 2 aliphatic heterocycles. The standard InChI is InChI=1S/C16H17N3O4/c1-10(20)17-5-12-7-19-13(6-18-16(19)8-21-12)11-2-3-14-15(4-11)23-9-22-14/h2-4,6,12H,5,7-9H2,1H3,(H,17,20). The zero-order valence-corrected chi connectivity index (χ0v) is 12.7. The van der Waals surface area contributed by atoms with E-state index in [0.29, 0.717) is 19.7 Å². The van der Waals surface area contributed by atoms with Gasteiger partial charge in [-0.1, -0.05) is 0 Å². The Morgan fingerprint density at radius 1 is 1.39 bits per heavy atom. The monoisotopic (exact) mass is 315 g/mol. The molecule has 7 nitrogen and oxygen atoms in total. The molecule has 0 saturated heterocycles. The number of fused-ring (bicyclic) bond motifs is 2. The van der Waals surface area contributed by atoms with Gasteiger partial charge in [0.15, 0.2) is 11.5 Å². The lowest BCUT2D eigenvalue weighted by Gasteiger charge is -2.26. The van der Waals surface area contributed by atoms with Crippen LogP contribution in [-0.4, -0.2) is 34.9 Å². The Kier molecular flexibility index (Phi) is 3.42. The quantitative estimate of drug-likeness (QED) is 0.924. The minimum absolute atomic E-state index is 0.0546. The maximum absolute atomic E-state index is 11.1. The van der Waals surface area contributed by atoms with Crippen LogP contribution in [0.3, 0.4) is 0 Å². The molecule has 23 heavy (non-hydrogen) atoms. The molecule has 1 aromatic carbocycles. The molecule has 2 aliphatic rings. The third-order valence-corrected chi connectivity index (χ3v) is 4.02. The van der Waals surface area contributed by atoms with Crippen LogP contribution in [0.4, 0.5) is 0 Å². The van der Waals surface area contributed by atoms with E-state index in [4.69, 9.17) is 14.2 Å². The van der Waals surface area contributed by atoms with E-state index in [2.05, 4.69) is 14.9 Å². The van der Waals surface area contributed by atoms with E-state index in [0.717, 1.165) is 28.6 Å². The number of amides is 1. The first-order valence-electron chi connectivity index (χ1n) is 7.51. The molecule has 4 rings (SSSR count). The summed E-state index contributed by atoms with van der Waals surface area (Å²) >= 11 is 0. The fraction of sp³-hybridized carbons (Fsp3) is 0.375. The summed E-state index contributed by atoms with van der Waals surface area (Å²) in [5.41, 5.74) is 2.03. The van der Waals surface area contributed by atoms with E-state index in [-0.39, 0.29) is 18.8 Å². The highest BCUT2D eigenvalue weighted by molar-refractivity contribution is 5.72. The third-order valence-electron chi connectivity index (χ3n) is 4.02. The van der Waals surface area contributed by atoms with Gasteiger partial charge in [0.1, 0.15) is 12.4 Å². The van der Waals surface area contributed by atoms with E-state index in [1.165, 1.54) is 6.92 Å². The first kappa shape index (κ1) is 14.1. The van der Waals surface area contributed by atoms with E-state index in [9.17, 15) is 4.79 Å². The summed E-state index contributed by atoms with van der Waals surface area (Å²) in [7, 11) is 0. The lowest BCUT2D eigenvalue weighted by molar-refractivity contribution is -0.120. The molecule has 0 radical (unpaired) electrons. The molecular weight excluding hydrogens is 298 g/mol. The van der Waals surface area contributed by atoms with Gasteiger partial charge < -0.3 is 24.1 Å². The highest BCUT2D eigenvalue weighted by atomic mass is 16.7. The summed E-state index contributed by atoms with van der Waals surface area (Å²) in [6.07, 6.45) is 1.78. The Morgan fingerprint density at radius 2 is 2.26 bits per heavy atom. The van der Waals surface area contributed by atoms with Crippen molar-refractivity contribution in [2.45, 2.75) is 26.2 Å². The number of hydrogen-bond donors (Lipinski definition) is 1. The topological polar surface area (TPSA) is 74.6 Å². The average Bonchev–Trinajstić information content (AvgIpc) is 3.18. The number of nitrogens with one attached hydrogen (secondary N) is 1. The lowest BCUT2D eigenvalue weighted by Crippen LogP contribution is -2.38. The van der Waals surface area contributed by atoms with Gasteiger partial charge in [0, 0.05) is 19.0 Å². The molecule has 1 N–H and O–H groups in total.